The summed E-state index contributed by atoms with van der Waals surface area (Å²) in [5, 5.41) is 0. The fraction of sp³-hybridized carbons (Fsp3) is 0.200. The number of hydrogen-bond acceptors (Lipinski definition) is 3. The van der Waals surface area contributed by atoms with Crippen LogP contribution in [0.5, 0.6) is 0 Å². The quantitative estimate of drug-likeness (QED) is 0.776. The zero-order valence-electron chi connectivity index (χ0n) is 8.00. The van der Waals surface area contributed by atoms with E-state index in [4.69, 9.17) is 0 Å². The van der Waals surface area contributed by atoms with Crippen LogP contribution in [0.25, 0.3) is 10.6 Å². The molecular formula is C10H10N2OS. The summed E-state index contributed by atoms with van der Waals surface area (Å²) in [5.74, 6) is 0.651. The number of aromatic nitrogens is 2. The van der Waals surface area contributed by atoms with Crippen LogP contribution in [-0.4, -0.2) is 9.97 Å². The van der Waals surface area contributed by atoms with E-state index in [2.05, 4.69) is 9.97 Å². The molecule has 2 rings (SSSR count). The summed E-state index contributed by atoms with van der Waals surface area (Å²) in [5.41, 5.74) is 0.655. The zero-order valence-corrected chi connectivity index (χ0v) is 8.81. The highest BCUT2D eigenvalue weighted by Gasteiger charge is 2.03. The summed E-state index contributed by atoms with van der Waals surface area (Å²) in [6.07, 6.45) is 0. The highest BCUT2D eigenvalue weighted by atomic mass is 32.1. The van der Waals surface area contributed by atoms with Crippen molar-refractivity contribution in [3.8, 4) is 10.6 Å². The fourth-order valence-electron chi connectivity index (χ4n) is 1.28. The monoisotopic (exact) mass is 206 g/mol. The number of thiophene rings is 1. The Morgan fingerprint density at radius 3 is 2.71 bits per heavy atom. The Kier molecular flexibility index (Phi) is 2.21. The van der Waals surface area contributed by atoms with Gasteiger partial charge in [0.2, 0.25) is 0 Å². The SMILES string of the molecule is Cc1nc(-c2ccc(C)s2)cc(=O)[nH]1. The largest absolute Gasteiger partial charge is 0.311 e. The molecule has 14 heavy (non-hydrogen) atoms. The van der Waals surface area contributed by atoms with Crippen molar-refractivity contribution in [3.05, 3.63) is 39.3 Å². The Balaban J connectivity index is 2.56. The molecule has 0 aliphatic rings. The molecule has 4 heteroatoms. The van der Waals surface area contributed by atoms with E-state index in [1.807, 2.05) is 19.1 Å². The van der Waals surface area contributed by atoms with Gasteiger partial charge in [0, 0.05) is 10.9 Å². The average Bonchev–Trinajstić information content (AvgIpc) is 2.50. The van der Waals surface area contributed by atoms with E-state index in [1.165, 1.54) is 10.9 Å². The lowest BCUT2D eigenvalue weighted by atomic mass is 10.3. The number of nitrogens with one attached hydrogen (secondary N) is 1. The van der Waals surface area contributed by atoms with Gasteiger partial charge in [-0.25, -0.2) is 4.98 Å². The third-order valence-electron chi connectivity index (χ3n) is 1.85. The zero-order chi connectivity index (χ0) is 10.1. The van der Waals surface area contributed by atoms with Crippen LogP contribution in [0.2, 0.25) is 0 Å². The third kappa shape index (κ3) is 1.75. The van der Waals surface area contributed by atoms with Crippen LogP contribution in [0.15, 0.2) is 23.0 Å². The van der Waals surface area contributed by atoms with Crippen LogP contribution in [-0.2, 0) is 0 Å². The number of rotatable bonds is 1. The molecule has 0 saturated carbocycles. The lowest BCUT2D eigenvalue weighted by Crippen LogP contribution is -2.07. The maximum atomic E-state index is 11.2. The molecule has 2 aromatic heterocycles. The van der Waals surface area contributed by atoms with Crippen molar-refractivity contribution in [1.82, 2.24) is 9.97 Å². The van der Waals surface area contributed by atoms with Crippen LogP contribution >= 0.6 is 11.3 Å². The normalized spacial score (nSPS) is 10.4. The molecule has 0 aliphatic heterocycles. The van der Waals surface area contributed by atoms with Gasteiger partial charge in [-0.3, -0.25) is 4.79 Å². The lowest BCUT2D eigenvalue weighted by molar-refractivity contribution is 1.03. The first-order valence-electron chi connectivity index (χ1n) is 4.30. The highest BCUT2D eigenvalue weighted by molar-refractivity contribution is 7.15. The van der Waals surface area contributed by atoms with Gasteiger partial charge in [0.05, 0.1) is 10.6 Å². The molecule has 0 atom stereocenters. The Bertz CT molecular complexity index is 513. The smallest absolute Gasteiger partial charge is 0.251 e. The predicted molar refractivity (Wildman–Crippen MR) is 57.6 cm³/mol. The minimum atomic E-state index is -0.0986. The van der Waals surface area contributed by atoms with Crippen molar-refractivity contribution in [3.63, 3.8) is 0 Å². The van der Waals surface area contributed by atoms with Gasteiger partial charge >= 0.3 is 0 Å². The summed E-state index contributed by atoms with van der Waals surface area (Å²) in [6.45, 7) is 3.82. The Labute approximate surface area is 85.5 Å². The molecule has 2 aromatic rings. The number of aryl methyl sites for hydroxylation is 2. The number of hydrogen-bond donors (Lipinski definition) is 1. The van der Waals surface area contributed by atoms with Gasteiger partial charge < -0.3 is 4.98 Å². The summed E-state index contributed by atoms with van der Waals surface area (Å²) >= 11 is 1.64. The van der Waals surface area contributed by atoms with Crippen LogP contribution in [0.4, 0.5) is 0 Å². The maximum absolute atomic E-state index is 11.2. The topological polar surface area (TPSA) is 45.8 Å². The molecule has 2 heterocycles. The van der Waals surface area contributed by atoms with Crippen molar-refractivity contribution in [2.75, 3.05) is 0 Å². The van der Waals surface area contributed by atoms with Crippen molar-refractivity contribution in [1.29, 1.82) is 0 Å². The minimum absolute atomic E-state index is 0.0986. The first-order valence-corrected chi connectivity index (χ1v) is 5.11. The predicted octanol–water partition coefficient (Wildman–Crippen LogP) is 2.12. The van der Waals surface area contributed by atoms with Crippen molar-refractivity contribution < 1.29 is 0 Å². The standard InChI is InChI=1S/C10H10N2OS/c1-6-3-4-9(14-6)8-5-10(13)12-7(2)11-8/h3-5H,1-2H3,(H,11,12,13). The van der Waals surface area contributed by atoms with Gasteiger partial charge in [0.15, 0.2) is 0 Å². The van der Waals surface area contributed by atoms with E-state index >= 15 is 0 Å². The second-order valence-corrected chi connectivity index (χ2v) is 4.41. The Hall–Kier alpha value is -1.42. The second kappa shape index (κ2) is 3.38. The molecule has 0 radical (unpaired) electrons. The molecular weight excluding hydrogens is 196 g/mol. The van der Waals surface area contributed by atoms with Crippen LogP contribution in [0.3, 0.4) is 0 Å². The van der Waals surface area contributed by atoms with E-state index in [9.17, 15) is 4.79 Å². The molecule has 0 aliphatic carbocycles. The van der Waals surface area contributed by atoms with E-state index in [0.29, 0.717) is 5.82 Å². The van der Waals surface area contributed by atoms with Gasteiger partial charge in [0.25, 0.3) is 5.56 Å². The van der Waals surface area contributed by atoms with Crippen LogP contribution in [0, 0.1) is 13.8 Å². The first-order chi connectivity index (χ1) is 6.65. The first kappa shape index (κ1) is 9.15. The molecule has 0 amide bonds. The molecule has 3 nitrogen and oxygen atoms in total. The minimum Gasteiger partial charge on any atom is -0.311 e. The summed E-state index contributed by atoms with van der Waals surface area (Å²) < 4.78 is 0. The number of aromatic amines is 1. The van der Waals surface area contributed by atoms with Gasteiger partial charge in [0.1, 0.15) is 5.82 Å². The van der Waals surface area contributed by atoms with Crippen molar-refractivity contribution in [2.24, 2.45) is 0 Å². The summed E-state index contributed by atoms with van der Waals surface area (Å²) in [4.78, 5) is 20.4. The maximum Gasteiger partial charge on any atom is 0.251 e. The number of H-pyrrole nitrogens is 1. The van der Waals surface area contributed by atoms with Crippen LogP contribution in [0.1, 0.15) is 10.7 Å². The summed E-state index contributed by atoms with van der Waals surface area (Å²) in [7, 11) is 0. The van der Waals surface area contributed by atoms with E-state index < -0.39 is 0 Å². The molecule has 0 spiro atoms. The molecule has 0 aromatic carbocycles. The lowest BCUT2D eigenvalue weighted by Gasteiger charge is -1.96. The van der Waals surface area contributed by atoms with Gasteiger partial charge in [-0.05, 0) is 26.0 Å². The Morgan fingerprint density at radius 2 is 2.14 bits per heavy atom. The summed E-state index contributed by atoms with van der Waals surface area (Å²) in [6, 6.07) is 5.54. The van der Waals surface area contributed by atoms with E-state index in [-0.39, 0.29) is 5.56 Å². The van der Waals surface area contributed by atoms with E-state index in [0.717, 1.165) is 10.6 Å². The van der Waals surface area contributed by atoms with Gasteiger partial charge in [-0.1, -0.05) is 0 Å². The molecule has 0 fully saturated rings. The third-order valence-corrected chi connectivity index (χ3v) is 2.88. The van der Waals surface area contributed by atoms with Crippen molar-refractivity contribution >= 4 is 11.3 Å². The van der Waals surface area contributed by atoms with Gasteiger partial charge in [-0.2, -0.15) is 0 Å². The Morgan fingerprint density at radius 1 is 1.36 bits per heavy atom. The molecule has 1 N–H and O–H groups in total. The average molecular weight is 206 g/mol. The molecule has 0 unspecified atom stereocenters. The molecule has 72 valence electrons. The molecule has 0 bridgehead atoms. The second-order valence-electron chi connectivity index (χ2n) is 3.13. The fourth-order valence-corrected chi connectivity index (χ4v) is 2.11. The van der Waals surface area contributed by atoms with Crippen LogP contribution < -0.4 is 5.56 Å². The van der Waals surface area contributed by atoms with Gasteiger partial charge in [-0.15, -0.1) is 11.3 Å². The molecule has 0 saturated heterocycles. The number of nitrogens with zero attached hydrogens (tertiary/aromatic N) is 1. The highest BCUT2D eigenvalue weighted by Crippen LogP contribution is 2.24. The van der Waals surface area contributed by atoms with E-state index in [1.54, 1.807) is 18.3 Å². The van der Waals surface area contributed by atoms with Crippen molar-refractivity contribution in [2.45, 2.75) is 13.8 Å².